The summed E-state index contributed by atoms with van der Waals surface area (Å²) in [6.07, 6.45) is 3.02. The first-order chi connectivity index (χ1) is 6.75. The molecule has 2 aromatic rings. The quantitative estimate of drug-likeness (QED) is 0.681. The van der Waals surface area contributed by atoms with Crippen molar-refractivity contribution in [2.24, 2.45) is 0 Å². The highest BCUT2D eigenvalue weighted by Crippen LogP contribution is 2.18. The summed E-state index contributed by atoms with van der Waals surface area (Å²) in [6, 6.07) is 5.66. The second-order valence-electron chi connectivity index (χ2n) is 2.63. The van der Waals surface area contributed by atoms with Crippen molar-refractivity contribution in [1.82, 2.24) is 15.2 Å². The number of rotatable bonds is 1. The summed E-state index contributed by atoms with van der Waals surface area (Å²) >= 11 is 0. The van der Waals surface area contributed by atoms with E-state index in [4.69, 9.17) is 5.73 Å². The van der Waals surface area contributed by atoms with E-state index in [9.17, 15) is 4.39 Å². The summed E-state index contributed by atoms with van der Waals surface area (Å²) in [6.45, 7) is 0. The normalized spacial score (nSPS) is 10.1. The smallest absolute Gasteiger partial charge is 0.215 e. The van der Waals surface area contributed by atoms with Gasteiger partial charge in [-0.05, 0) is 11.6 Å². The Balaban J connectivity index is 2.52. The standard InChI is InChI=1S/C9H6FN4/c10-8-3-7(4-9(11)14-8)6-1-2-12-13-5-6/h1-3,5H,(H2,11,14). The highest BCUT2D eigenvalue weighted by molar-refractivity contribution is 5.63. The lowest BCUT2D eigenvalue weighted by atomic mass is 10.1. The van der Waals surface area contributed by atoms with Crippen molar-refractivity contribution < 1.29 is 4.39 Å². The van der Waals surface area contributed by atoms with Crippen LogP contribution in [-0.4, -0.2) is 15.2 Å². The number of aromatic nitrogens is 3. The van der Waals surface area contributed by atoms with E-state index in [0.717, 1.165) is 0 Å². The van der Waals surface area contributed by atoms with E-state index in [1.54, 1.807) is 6.07 Å². The van der Waals surface area contributed by atoms with Crippen LogP contribution in [0, 0.1) is 12.0 Å². The van der Waals surface area contributed by atoms with Gasteiger partial charge in [-0.3, -0.25) is 0 Å². The number of anilines is 1. The van der Waals surface area contributed by atoms with E-state index in [0.29, 0.717) is 11.1 Å². The maximum Gasteiger partial charge on any atom is 0.215 e. The van der Waals surface area contributed by atoms with E-state index >= 15 is 0 Å². The average Bonchev–Trinajstić information content (AvgIpc) is 2.18. The van der Waals surface area contributed by atoms with Crippen LogP contribution < -0.4 is 5.73 Å². The highest BCUT2D eigenvalue weighted by atomic mass is 19.1. The highest BCUT2D eigenvalue weighted by Gasteiger charge is 2.02. The van der Waals surface area contributed by atoms with Gasteiger partial charge < -0.3 is 5.73 Å². The lowest BCUT2D eigenvalue weighted by Crippen LogP contribution is -1.94. The molecule has 2 N–H and O–H groups in total. The lowest BCUT2D eigenvalue weighted by Gasteiger charge is -2.00. The van der Waals surface area contributed by atoms with Gasteiger partial charge in [0.05, 0.1) is 12.4 Å². The molecule has 14 heavy (non-hydrogen) atoms. The molecule has 0 aliphatic carbocycles. The number of nitrogen functional groups attached to an aromatic ring is 1. The average molecular weight is 189 g/mol. The van der Waals surface area contributed by atoms with Crippen LogP contribution in [0.5, 0.6) is 0 Å². The number of nitrogens with two attached hydrogens (primary N) is 1. The zero-order valence-corrected chi connectivity index (χ0v) is 7.11. The molecule has 2 aromatic heterocycles. The fraction of sp³-hybridized carbons (Fsp3) is 0. The summed E-state index contributed by atoms with van der Waals surface area (Å²) in [7, 11) is 0. The maximum atomic E-state index is 12.9. The molecule has 0 atom stereocenters. The van der Waals surface area contributed by atoms with Gasteiger partial charge in [0.2, 0.25) is 5.95 Å². The van der Waals surface area contributed by atoms with Crippen molar-refractivity contribution in [3.05, 3.63) is 36.5 Å². The fourth-order valence-corrected chi connectivity index (χ4v) is 1.07. The predicted octanol–water partition coefficient (Wildman–Crippen LogP) is 1.06. The van der Waals surface area contributed by atoms with Crippen LogP contribution in [0.2, 0.25) is 0 Å². The van der Waals surface area contributed by atoms with E-state index in [-0.39, 0.29) is 5.82 Å². The van der Waals surface area contributed by atoms with Crippen molar-refractivity contribution in [1.29, 1.82) is 0 Å². The van der Waals surface area contributed by atoms with Gasteiger partial charge in [-0.2, -0.15) is 14.6 Å². The number of hydrogen-bond acceptors (Lipinski definition) is 4. The van der Waals surface area contributed by atoms with Crippen LogP contribution in [0.4, 0.5) is 10.2 Å². The van der Waals surface area contributed by atoms with Crippen molar-refractivity contribution in [3.63, 3.8) is 0 Å². The topological polar surface area (TPSA) is 64.7 Å². The summed E-state index contributed by atoms with van der Waals surface area (Å²) in [5, 5.41) is 7.28. The molecule has 5 heteroatoms. The van der Waals surface area contributed by atoms with Crippen LogP contribution >= 0.6 is 0 Å². The number of hydrogen-bond donors (Lipinski definition) is 1. The van der Waals surface area contributed by atoms with E-state index in [2.05, 4.69) is 21.2 Å². The first-order valence-electron chi connectivity index (χ1n) is 3.88. The zero-order valence-electron chi connectivity index (χ0n) is 7.11. The molecule has 0 fully saturated rings. The molecule has 0 aliphatic rings. The Labute approximate surface area is 79.6 Å². The molecule has 0 amide bonds. The van der Waals surface area contributed by atoms with Crippen molar-refractivity contribution in [3.8, 4) is 11.1 Å². The molecule has 69 valence electrons. The molecule has 1 radical (unpaired) electrons. The monoisotopic (exact) mass is 189 g/mol. The molecule has 0 spiro atoms. The van der Waals surface area contributed by atoms with Gasteiger partial charge in [-0.25, -0.2) is 4.98 Å². The Morgan fingerprint density at radius 1 is 1.36 bits per heavy atom. The Morgan fingerprint density at radius 3 is 2.86 bits per heavy atom. The minimum Gasteiger partial charge on any atom is -0.383 e. The molecule has 0 aromatic carbocycles. The van der Waals surface area contributed by atoms with Crippen molar-refractivity contribution >= 4 is 5.82 Å². The van der Waals surface area contributed by atoms with E-state index in [1.807, 2.05) is 0 Å². The summed E-state index contributed by atoms with van der Waals surface area (Å²) in [5.41, 5.74) is 6.57. The molecule has 0 unspecified atom stereocenters. The molecule has 0 saturated carbocycles. The molecule has 0 aliphatic heterocycles. The Kier molecular flexibility index (Phi) is 2.06. The third-order valence-corrected chi connectivity index (χ3v) is 1.65. The molecule has 0 bridgehead atoms. The zero-order chi connectivity index (χ0) is 9.97. The fourth-order valence-electron chi connectivity index (χ4n) is 1.07. The number of pyridine rings is 1. The number of halogens is 1. The molecular formula is C9H6FN4. The first kappa shape index (κ1) is 8.55. The van der Waals surface area contributed by atoms with Gasteiger partial charge in [0, 0.05) is 17.7 Å². The van der Waals surface area contributed by atoms with E-state index in [1.165, 1.54) is 18.5 Å². The number of nitrogens with zero attached hydrogens (tertiary/aromatic N) is 3. The van der Waals surface area contributed by atoms with Crippen LogP contribution in [0.3, 0.4) is 0 Å². The minimum absolute atomic E-state index is 0.0248. The van der Waals surface area contributed by atoms with E-state index < -0.39 is 5.95 Å². The summed E-state index contributed by atoms with van der Waals surface area (Å²) in [4.78, 5) is 3.38. The first-order valence-corrected chi connectivity index (χ1v) is 3.88. The largest absolute Gasteiger partial charge is 0.383 e. The Hall–Kier alpha value is -2.04. The van der Waals surface area contributed by atoms with Gasteiger partial charge in [0.25, 0.3) is 0 Å². The Bertz CT molecular complexity index is 424. The summed E-state index contributed by atoms with van der Waals surface area (Å²) in [5.74, 6) is -0.607. The SMILES string of the molecule is Nc1[c]c(-c2ccnnc2)cc(F)n1. The predicted molar refractivity (Wildman–Crippen MR) is 48.5 cm³/mol. The van der Waals surface area contributed by atoms with Crippen molar-refractivity contribution in [2.75, 3.05) is 5.73 Å². The third kappa shape index (κ3) is 1.66. The lowest BCUT2D eigenvalue weighted by molar-refractivity contribution is 0.586. The van der Waals surface area contributed by atoms with Gasteiger partial charge in [-0.15, -0.1) is 0 Å². The van der Waals surface area contributed by atoms with Gasteiger partial charge in [-0.1, -0.05) is 0 Å². The maximum absolute atomic E-state index is 12.9. The van der Waals surface area contributed by atoms with Gasteiger partial charge >= 0.3 is 0 Å². The second kappa shape index (κ2) is 3.37. The van der Waals surface area contributed by atoms with Gasteiger partial charge in [0.1, 0.15) is 5.82 Å². The second-order valence-corrected chi connectivity index (χ2v) is 2.63. The molecular weight excluding hydrogens is 183 g/mol. The van der Waals surface area contributed by atoms with Gasteiger partial charge in [0.15, 0.2) is 0 Å². The van der Waals surface area contributed by atoms with Crippen molar-refractivity contribution in [2.45, 2.75) is 0 Å². The Morgan fingerprint density at radius 2 is 2.21 bits per heavy atom. The minimum atomic E-state index is -0.631. The molecule has 0 saturated heterocycles. The molecule has 2 heterocycles. The summed E-state index contributed by atoms with van der Waals surface area (Å²) < 4.78 is 12.9. The van der Waals surface area contributed by atoms with Crippen LogP contribution in [0.15, 0.2) is 24.5 Å². The van der Waals surface area contributed by atoms with Crippen LogP contribution in [0.25, 0.3) is 11.1 Å². The van der Waals surface area contributed by atoms with Crippen LogP contribution in [-0.2, 0) is 0 Å². The molecule has 2 rings (SSSR count). The third-order valence-electron chi connectivity index (χ3n) is 1.65. The van der Waals surface area contributed by atoms with Crippen LogP contribution in [0.1, 0.15) is 0 Å². The molecule has 4 nitrogen and oxygen atoms in total.